The van der Waals surface area contributed by atoms with E-state index in [0.717, 1.165) is 37.7 Å². The van der Waals surface area contributed by atoms with Crippen LogP contribution in [0.25, 0.3) is 0 Å². The van der Waals surface area contributed by atoms with Gasteiger partial charge in [0.25, 0.3) is 0 Å². The van der Waals surface area contributed by atoms with Crippen molar-refractivity contribution < 1.29 is 24.1 Å². The third kappa shape index (κ3) is 5.97. The number of halogens is 3. The fraction of sp³-hybridized carbons (Fsp3) is 0.720. The van der Waals surface area contributed by atoms with Gasteiger partial charge >= 0.3 is 5.97 Å². The second-order valence-corrected chi connectivity index (χ2v) is 10.7. The van der Waals surface area contributed by atoms with Gasteiger partial charge in [0.1, 0.15) is 5.82 Å². The predicted octanol–water partition coefficient (Wildman–Crippen LogP) is 6.42. The summed E-state index contributed by atoms with van der Waals surface area (Å²) >= 11 is 13.3. The number of carboxylic acid groups (broad SMARTS) is 1. The maximum atomic E-state index is 14.7. The molecule has 7 heteroatoms. The van der Waals surface area contributed by atoms with E-state index >= 15 is 0 Å². The van der Waals surface area contributed by atoms with Crippen molar-refractivity contribution in [1.29, 1.82) is 0 Å². The molecule has 5 unspecified atom stereocenters. The second kappa shape index (κ2) is 11.5. The zero-order valence-electron chi connectivity index (χ0n) is 18.7. The van der Waals surface area contributed by atoms with Crippen molar-refractivity contribution in [3.05, 3.63) is 35.1 Å². The first-order chi connectivity index (χ1) is 15.3. The molecule has 0 amide bonds. The van der Waals surface area contributed by atoms with E-state index in [-0.39, 0.29) is 40.2 Å². The van der Waals surface area contributed by atoms with Gasteiger partial charge in [-0.15, -0.1) is 23.2 Å². The van der Waals surface area contributed by atoms with E-state index in [9.17, 15) is 14.3 Å². The third-order valence-electron chi connectivity index (χ3n) is 7.33. The molecule has 1 aromatic rings. The van der Waals surface area contributed by atoms with Crippen molar-refractivity contribution in [1.82, 2.24) is 0 Å². The number of unbranched alkanes of at least 4 members (excludes halogenated alkanes) is 1. The van der Waals surface area contributed by atoms with Gasteiger partial charge in [0.2, 0.25) is 0 Å². The Labute approximate surface area is 200 Å². The molecule has 0 heterocycles. The topological polar surface area (TPSA) is 66.8 Å². The maximum absolute atomic E-state index is 14.7. The Morgan fingerprint density at radius 3 is 2.62 bits per heavy atom. The van der Waals surface area contributed by atoms with Gasteiger partial charge in [0, 0.05) is 41.0 Å². The molecule has 2 aliphatic rings. The molecular weight excluding hydrogens is 454 g/mol. The summed E-state index contributed by atoms with van der Waals surface area (Å²) < 4.78 is 20.5. The van der Waals surface area contributed by atoms with E-state index in [1.807, 2.05) is 6.07 Å². The van der Waals surface area contributed by atoms with Crippen LogP contribution >= 0.6 is 23.2 Å². The summed E-state index contributed by atoms with van der Waals surface area (Å²) in [5, 5.41) is 19.5. The maximum Gasteiger partial charge on any atom is 0.303 e. The zero-order chi connectivity index (χ0) is 23.3. The van der Waals surface area contributed by atoms with E-state index in [0.29, 0.717) is 38.0 Å². The molecule has 0 bridgehead atoms. The lowest BCUT2D eigenvalue weighted by molar-refractivity contribution is -0.137. The lowest BCUT2D eigenvalue weighted by Gasteiger charge is -2.46. The molecule has 5 atom stereocenters. The van der Waals surface area contributed by atoms with Crippen LogP contribution < -0.4 is 0 Å². The Kier molecular flexibility index (Phi) is 9.25. The zero-order valence-corrected chi connectivity index (χ0v) is 20.3. The van der Waals surface area contributed by atoms with Crippen LogP contribution in [0.15, 0.2) is 18.2 Å². The fourth-order valence-corrected chi connectivity index (χ4v) is 6.56. The first-order valence-corrected chi connectivity index (χ1v) is 12.7. The number of carboxylic acids is 1. The standard InChI is InChI=1S/C25H35Cl2FO4/c1-2-7-25(8-5-9-25)24(31)17-11-16(12-18(28)13-17)23-19(20(26)14-21(23)27)15-32-10-4-3-6-22(29)30/h11-13,19-21,23-24,31H,2-10,14-15H2,1H3,(H,29,30). The van der Waals surface area contributed by atoms with Gasteiger partial charge in [0.05, 0.1) is 12.7 Å². The van der Waals surface area contributed by atoms with Crippen LogP contribution in [0, 0.1) is 17.2 Å². The number of aliphatic hydroxyl groups excluding tert-OH is 1. The lowest BCUT2D eigenvalue weighted by Crippen LogP contribution is -2.36. The fourth-order valence-electron chi connectivity index (χ4n) is 5.52. The van der Waals surface area contributed by atoms with Crippen LogP contribution in [-0.2, 0) is 9.53 Å². The Balaban J connectivity index is 1.72. The second-order valence-electron chi connectivity index (χ2n) is 9.57. The summed E-state index contributed by atoms with van der Waals surface area (Å²) in [6.45, 7) is 2.97. The van der Waals surface area contributed by atoms with Gasteiger partial charge in [-0.1, -0.05) is 25.8 Å². The highest BCUT2D eigenvalue weighted by molar-refractivity contribution is 6.25. The molecule has 0 radical (unpaired) electrons. The molecule has 3 rings (SSSR count). The van der Waals surface area contributed by atoms with Crippen LogP contribution in [0.1, 0.15) is 87.9 Å². The van der Waals surface area contributed by atoms with Crippen LogP contribution in [0.3, 0.4) is 0 Å². The summed E-state index contributed by atoms with van der Waals surface area (Å²) in [6, 6.07) is 4.88. The minimum absolute atomic E-state index is 0.0706. The van der Waals surface area contributed by atoms with Crippen LogP contribution in [0.4, 0.5) is 4.39 Å². The molecule has 0 spiro atoms. The number of benzene rings is 1. The summed E-state index contributed by atoms with van der Waals surface area (Å²) in [7, 11) is 0. The van der Waals surface area contributed by atoms with Crippen molar-refractivity contribution in [2.75, 3.05) is 13.2 Å². The molecule has 0 aliphatic heterocycles. The molecule has 1 aromatic carbocycles. The van der Waals surface area contributed by atoms with E-state index in [4.69, 9.17) is 33.0 Å². The Bertz CT molecular complexity index is 770. The number of rotatable bonds is 12. The quantitative estimate of drug-likeness (QED) is 0.263. The highest BCUT2D eigenvalue weighted by Crippen LogP contribution is 2.54. The van der Waals surface area contributed by atoms with Crippen molar-refractivity contribution in [3.63, 3.8) is 0 Å². The average molecular weight is 489 g/mol. The smallest absolute Gasteiger partial charge is 0.303 e. The average Bonchev–Trinajstić information content (AvgIpc) is 2.99. The number of carbonyl (C=O) groups is 1. The first kappa shape index (κ1) is 25.7. The van der Waals surface area contributed by atoms with Gasteiger partial charge in [-0.05, 0) is 61.8 Å². The highest BCUT2D eigenvalue weighted by atomic mass is 35.5. The molecule has 0 aromatic heterocycles. The van der Waals surface area contributed by atoms with Crippen molar-refractivity contribution in [2.45, 2.75) is 87.5 Å². The Hall–Kier alpha value is -0.880. The molecule has 0 saturated heterocycles. The van der Waals surface area contributed by atoms with E-state index in [2.05, 4.69) is 6.92 Å². The van der Waals surface area contributed by atoms with Crippen molar-refractivity contribution in [2.24, 2.45) is 11.3 Å². The molecule has 4 nitrogen and oxygen atoms in total. The number of aliphatic hydroxyl groups is 1. The third-order valence-corrected chi connectivity index (χ3v) is 8.28. The van der Waals surface area contributed by atoms with Crippen LogP contribution in [0.2, 0.25) is 0 Å². The Morgan fingerprint density at radius 1 is 1.25 bits per heavy atom. The molecule has 2 fully saturated rings. The minimum Gasteiger partial charge on any atom is -0.481 e. The first-order valence-electron chi connectivity index (χ1n) is 11.8. The molecule has 2 saturated carbocycles. The minimum atomic E-state index is -0.807. The van der Waals surface area contributed by atoms with Gasteiger partial charge < -0.3 is 14.9 Å². The largest absolute Gasteiger partial charge is 0.481 e. The van der Waals surface area contributed by atoms with Crippen molar-refractivity contribution >= 4 is 29.2 Å². The van der Waals surface area contributed by atoms with Crippen LogP contribution in [0.5, 0.6) is 0 Å². The molecular formula is C25H35Cl2FO4. The monoisotopic (exact) mass is 488 g/mol. The Morgan fingerprint density at radius 2 is 2.00 bits per heavy atom. The van der Waals surface area contributed by atoms with Crippen molar-refractivity contribution in [3.8, 4) is 0 Å². The van der Waals surface area contributed by atoms with Gasteiger partial charge in [0.15, 0.2) is 0 Å². The lowest BCUT2D eigenvalue weighted by atomic mass is 9.61. The summed E-state index contributed by atoms with van der Waals surface area (Å²) in [5.74, 6) is -1.40. The van der Waals surface area contributed by atoms with Gasteiger partial charge in [-0.25, -0.2) is 4.39 Å². The number of alkyl halides is 2. The van der Waals surface area contributed by atoms with Gasteiger partial charge in [-0.2, -0.15) is 0 Å². The summed E-state index contributed by atoms with van der Waals surface area (Å²) in [6.07, 6.45) is 6.25. The van der Waals surface area contributed by atoms with E-state index < -0.39 is 12.1 Å². The molecule has 180 valence electrons. The number of ether oxygens (including phenoxy) is 1. The summed E-state index contributed by atoms with van der Waals surface area (Å²) in [4.78, 5) is 10.6. The molecule has 32 heavy (non-hydrogen) atoms. The normalized spacial score (nSPS) is 27.8. The summed E-state index contributed by atoms with van der Waals surface area (Å²) in [5.41, 5.74) is 1.25. The van der Waals surface area contributed by atoms with E-state index in [1.54, 1.807) is 0 Å². The molecule has 2 aliphatic carbocycles. The number of hydrogen-bond acceptors (Lipinski definition) is 3. The van der Waals surface area contributed by atoms with Crippen LogP contribution in [-0.4, -0.2) is 40.2 Å². The number of hydrogen-bond donors (Lipinski definition) is 2. The predicted molar refractivity (Wildman–Crippen MR) is 125 cm³/mol. The highest BCUT2D eigenvalue weighted by Gasteiger charge is 2.45. The van der Waals surface area contributed by atoms with Gasteiger partial charge in [-0.3, -0.25) is 4.79 Å². The van der Waals surface area contributed by atoms with E-state index in [1.165, 1.54) is 12.1 Å². The molecule has 2 N–H and O–H groups in total. The SMILES string of the molecule is CCCC1(C(O)c2cc(F)cc(C3C(Cl)CC(Cl)C3COCCCCC(=O)O)c2)CCC1. The number of aliphatic carboxylic acids is 1.